The minimum atomic E-state index is -4.47. The van der Waals surface area contributed by atoms with E-state index >= 15 is 4.39 Å². The molecule has 16 heteroatoms. The molecule has 1 saturated heterocycles. The fourth-order valence-electron chi connectivity index (χ4n) is 3.49. The van der Waals surface area contributed by atoms with Gasteiger partial charge in [-0.15, -0.1) is 0 Å². The summed E-state index contributed by atoms with van der Waals surface area (Å²) in [5.74, 6) is 0.550. The molecule has 0 spiro atoms. The van der Waals surface area contributed by atoms with Crippen molar-refractivity contribution in [1.29, 1.82) is 0 Å². The molecule has 216 valence electrons. The fraction of sp³-hybridized carbons (Fsp3) is 0.522. The summed E-state index contributed by atoms with van der Waals surface area (Å²) >= 11 is 5.89. The highest BCUT2D eigenvalue weighted by Gasteiger charge is 2.58. The normalized spacial score (nSPS) is 26.1. The van der Waals surface area contributed by atoms with E-state index in [0.717, 1.165) is 12.3 Å². The van der Waals surface area contributed by atoms with Crippen LogP contribution in [0.3, 0.4) is 0 Å². The van der Waals surface area contributed by atoms with Crippen LogP contribution in [0.4, 0.5) is 4.39 Å². The van der Waals surface area contributed by atoms with Gasteiger partial charge in [-0.3, -0.25) is 18.9 Å². The van der Waals surface area contributed by atoms with Gasteiger partial charge in [0, 0.05) is 12.3 Å². The molecular formula is C23H30ClFN3O10P. The first-order valence-corrected chi connectivity index (χ1v) is 13.6. The number of aliphatic hydroxyl groups excluding tert-OH is 1. The number of aromatic amines is 1. The Morgan fingerprint density at radius 2 is 1.95 bits per heavy atom. The highest BCUT2D eigenvalue weighted by Crippen LogP contribution is 2.49. The van der Waals surface area contributed by atoms with Crippen LogP contribution >= 0.6 is 19.3 Å². The summed E-state index contributed by atoms with van der Waals surface area (Å²) in [7, 11) is -3.01. The predicted octanol–water partition coefficient (Wildman–Crippen LogP) is 1.88. The monoisotopic (exact) mass is 593 g/mol. The van der Waals surface area contributed by atoms with Gasteiger partial charge in [0.05, 0.1) is 26.4 Å². The molecule has 1 aromatic carbocycles. The largest absolute Gasteiger partial charge is 0.497 e. The van der Waals surface area contributed by atoms with E-state index < -0.39 is 54.7 Å². The van der Waals surface area contributed by atoms with Crippen LogP contribution in [0.25, 0.3) is 0 Å². The lowest BCUT2D eigenvalue weighted by molar-refractivity contribution is -0.115. The van der Waals surface area contributed by atoms with Crippen molar-refractivity contribution in [2.24, 2.45) is 0 Å². The van der Waals surface area contributed by atoms with E-state index in [0.29, 0.717) is 16.6 Å². The van der Waals surface area contributed by atoms with Crippen molar-refractivity contribution in [2.75, 3.05) is 20.3 Å². The highest BCUT2D eigenvalue weighted by molar-refractivity contribution is 7.52. The summed E-state index contributed by atoms with van der Waals surface area (Å²) in [6, 6.07) is 6.87. The molecule has 1 aliphatic heterocycles. The van der Waals surface area contributed by atoms with Crippen LogP contribution in [0.5, 0.6) is 11.5 Å². The number of carbonyl (C=O) groups excluding carboxylic acids is 1. The zero-order valence-corrected chi connectivity index (χ0v) is 23.2. The first kappa shape index (κ1) is 31.0. The summed E-state index contributed by atoms with van der Waals surface area (Å²) in [5, 5.41) is 10.0. The lowest BCUT2D eigenvalue weighted by Gasteiger charge is -2.30. The lowest BCUT2D eigenvalue weighted by atomic mass is 10.1. The third-order valence-electron chi connectivity index (χ3n) is 5.55. The topological polar surface area (TPSA) is 167 Å². The summed E-state index contributed by atoms with van der Waals surface area (Å²) in [6.07, 6.45) is -4.35. The van der Waals surface area contributed by atoms with Gasteiger partial charge in [0.25, 0.3) is 10.7 Å². The van der Waals surface area contributed by atoms with Crippen LogP contribution in [-0.2, 0) is 23.4 Å². The molecule has 2 unspecified atom stereocenters. The van der Waals surface area contributed by atoms with E-state index in [2.05, 4.69) is 5.09 Å². The second-order valence-electron chi connectivity index (χ2n) is 9.23. The molecule has 0 radical (unpaired) electrons. The molecule has 0 aliphatic carbocycles. The Labute approximate surface area is 227 Å². The lowest BCUT2D eigenvalue weighted by Crippen LogP contribution is -2.48. The maximum Gasteiger partial charge on any atom is 0.459 e. The van der Waals surface area contributed by atoms with Crippen molar-refractivity contribution < 1.29 is 42.1 Å². The first-order valence-electron chi connectivity index (χ1n) is 11.7. The zero-order chi connectivity index (χ0) is 29.0. The van der Waals surface area contributed by atoms with Crippen molar-refractivity contribution in [3.63, 3.8) is 0 Å². The Hall–Kier alpha value is -2.58. The van der Waals surface area contributed by atoms with Crippen LogP contribution in [0.1, 0.15) is 27.0 Å². The van der Waals surface area contributed by atoms with Gasteiger partial charge in [0.15, 0.2) is 6.23 Å². The molecule has 3 N–H and O–H groups in total. The van der Waals surface area contributed by atoms with Gasteiger partial charge in [-0.1, -0.05) is 11.6 Å². The fourth-order valence-corrected chi connectivity index (χ4v) is 5.44. The van der Waals surface area contributed by atoms with Crippen molar-refractivity contribution in [2.45, 2.75) is 56.0 Å². The number of benzene rings is 1. The number of ether oxygens (including phenoxy) is 3. The number of hydrogen-bond acceptors (Lipinski definition) is 10. The molecule has 1 fully saturated rings. The van der Waals surface area contributed by atoms with E-state index in [4.69, 9.17) is 34.9 Å². The van der Waals surface area contributed by atoms with Gasteiger partial charge in [-0.2, -0.15) is 5.09 Å². The van der Waals surface area contributed by atoms with Crippen molar-refractivity contribution in [3.8, 4) is 11.5 Å². The van der Waals surface area contributed by atoms with E-state index in [1.807, 2.05) is 4.98 Å². The second kappa shape index (κ2) is 12.3. The Kier molecular flexibility index (Phi) is 9.76. The van der Waals surface area contributed by atoms with Gasteiger partial charge >= 0.3 is 13.4 Å². The molecule has 0 saturated carbocycles. The van der Waals surface area contributed by atoms with Crippen LogP contribution in [0.2, 0.25) is 0 Å². The predicted molar refractivity (Wildman–Crippen MR) is 137 cm³/mol. The highest BCUT2D eigenvalue weighted by atomic mass is 35.5. The molecule has 1 aromatic heterocycles. The number of carbonyl (C=O) groups is 1. The number of H-pyrrole nitrogens is 1. The summed E-state index contributed by atoms with van der Waals surface area (Å²) in [5.41, 5.74) is -3.33. The van der Waals surface area contributed by atoms with Crippen molar-refractivity contribution >= 4 is 25.6 Å². The Morgan fingerprint density at radius 1 is 1.31 bits per heavy atom. The minimum Gasteiger partial charge on any atom is -0.497 e. The van der Waals surface area contributed by atoms with Gasteiger partial charge in [-0.25, -0.2) is 13.8 Å². The maximum absolute atomic E-state index is 15.3. The first-order chi connectivity index (χ1) is 18.2. The van der Waals surface area contributed by atoms with Gasteiger partial charge in [0.2, 0.25) is 0 Å². The molecule has 0 bridgehead atoms. The molecule has 0 amide bonds. The number of methoxy groups -OCH3 is 1. The molecule has 2 aromatic rings. The third-order valence-corrected chi connectivity index (χ3v) is 7.68. The number of aromatic nitrogens is 2. The van der Waals surface area contributed by atoms with Crippen LogP contribution < -0.4 is 25.6 Å². The van der Waals surface area contributed by atoms with Crippen LogP contribution in [0.15, 0.2) is 46.1 Å². The number of aliphatic hydroxyl groups is 1. The summed E-state index contributed by atoms with van der Waals surface area (Å²) in [4.78, 5) is 37.4. The standard InChI is InChI=1S/C23H30ClFN3O10P/c1-14(2)35-13-22(3,12-29)27-39(33,38-16-7-5-15(34-4)6-8-16)36-11-17-19(31)23(24,25)20(37-17)28-10-9-18(30)26-21(28)32/h5-10,12,14,17,19-20,31H,11,13H2,1-4H3,(H,27,33)(H,26,30,32)/t17-,19-,20+,22?,23-,39?/m1/s1. The Morgan fingerprint density at radius 3 is 2.51 bits per heavy atom. The quantitative estimate of drug-likeness (QED) is 0.176. The van der Waals surface area contributed by atoms with Crippen LogP contribution in [0, 0.1) is 0 Å². The third kappa shape index (κ3) is 7.54. The van der Waals surface area contributed by atoms with Gasteiger partial charge in [0.1, 0.15) is 35.5 Å². The average Bonchev–Trinajstić information content (AvgIpc) is 3.10. The van der Waals surface area contributed by atoms with E-state index in [1.54, 1.807) is 13.8 Å². The number of nitrogens with one attached hydrogen (secondary N) is 2. The van der Waals surface area contributed by atoms with Gasteiger partial charge in [-0.05, 0) is 45.0 Å². The number of aldehydes is 1. The summed E-state index contributed by atoms with van der Waals surface area (Å²) < 4.78 is 57.0. The molecule has 1 aliphatic rings. The maximum atomic E-state index is 15.3. The Bertz CT molecular complexity index is 1300. The van der Waals surface area contributed by atoms with Crippen LogP contribution in [-0.4, -0.2) is 70.2 Å². The summed E-state index contributed by atoms with van der Waals surface area (Å²) in [6.45, 7) is 3.93. The molecule has 2 heterocycles. The van der Waals surface area contributed by atoms with Crippen molar-refractivity contribution in [3.05, 3.63) is 57.4 Å². The molecule has 13 nitrogen and oxygen atoms in total. The number of hydrogen-bond donors (Lipinski definition) is 3. The SMILES string of the molecule is COc1ccc(OP(=O)(NC(C)(C=O)COC(C)C)OC[C@H]2O[C@H](n3ccc(=O)[nH]c3=O)[C@@](F)(Cl)[C@@H]2O)cc1. The zero-order valence-electron chi connectivity index (χ0n) is 21.5. The second-order valence-corrected chi connectivity index (χ2v) is 11.5. The number of nitrogens with zero attached hydrogens (tertiary/aromatic N) is 1. The molecule has 39 heavy (non-hydrogen) atoms. The molecule has 6 atom stereocenters. The molecule has 3 rings (SSSR count). The minimum absolute atomic E-state index is 0.0624. The molecular weight excluding hydrogens is 564 g/mol. The number of halogens is 2. The number of alkyl halides is 2. The smallest absolute Gasteiger partial charge is 0.459 e. The van der Waals surface area contributed by atoms with E-state index in [1.165, 1.54) is 38.3 Å². The average molecular weight is 594 g/mol. The van der Waals surface area contributed by atoms with Gasteiger partial charge < -0.3 is 28.6 Å². The van der Waals surface area contributed by atoms with Crippen molar-refractivity contribution in [1.82, 2.24) is 14.6 Å². The van der Waals surface area contributed by atoms with E-state index in [-0.39, 0.29) is 18.5 Å². The number of rotatable bonds is 13. The van der Waals surface area contributed by atoms with E-state index in [9.17, 15) is 24.1 Å². The Balaban J connectivity index is 1.85.